The molecule has 0 aliphatic carbocycles. The van der Waals surface area contributed by atoms with Crippen molar-refractivity contribution in [1.29, 1.82) is 0 Å². The van der Waals surface area contributed by atoms with Gasteiger partial charge in [-0.25, -0.2) is 43.9 Å². The van der Waals surface area contributed by atoms with Crippen molar-refractivity contribution in [2.24, 2.45) is 0 Å². The Balaban J connectivity index is 1.22. The maximum atomic E-state index is 15.5. The minimum atomic E-state index is -6.47. The fourth-order valence-electron chi connectivity index (χ4n) is 7.34. The van der Waals surface area contributed by atoms with Gasteiger partial charge in [0.2, 0.25) is 57.6 Å². The molecule has 0 atom stereocenters. The van der Waals surface area contributed by atoms with Crippen LogP contribution in [0.1, 0.15) is 16.7 Å². The van der Waals surface area contributed by atoms with E-state index in [0.29, 0.717) is 6.92 Å². The zero-order valence-electron chi connectivity index (χ0n) is 36.0. The smallest absolute Gasteiger partial charge is 0.411 e. The van der Waals surface area contributed by atoms with Crippen molar-refractivity contribution in [2.45, 2.75) is 24.7 Å². The fourth-order valence-corrected chi connectivity index (χ4v) is 7.84. The van der Waals surface area contributed by atoms with Gasteiger partial charge in [0.15, 0.2) is 58.2 Å². The molecule has 0 unspecified atom stereocenters. The topological polar surface area (TPSA) is 36.9 Å². The minimum Gasteiger partial charge on any atom is -0.495 e. The van der Waals surface area contributed by atoms with E-state index in [1.54, 1.807) is 0 Å². The normalized spacial score (nSPS) is 12.1. The van der Waals surface area contributed by atoms with Gasteiger partial charge >= 0.3 is 12.4 Å². The Morgan fingerprint density at radius 3 is 0.893 bits per heavy atom. The summed E-state index contributed by atoms with van der Waals surface area (Å²) in [6, 6.07) is 1.95. The first-order chi connectivity index (χ1) is 34.8. The molecule has 4 nitrogen and oxygen atoms in total. The van der Waals surface area contributed by atoms with Crippen LogP contribution in [0.5, 0.6) is 40.2 Å². The summed E-state index contributed by atoms with van der Waals surface area (Å²) in [7, 11) is 1.06. The van der Waals surface area contributed by atoms with E-state index in [9.17, 15) is 43.9 Å². The lowest BCUT2D eigenvalue weighted by Gasteiger charge is -2.38. The van der Waals surface area contributed by atoms with Crippen LogP contribution in [0.15, 0.2) is 60.7 Å². The number of halogens is 24. The molecule has 7 aromatic carbocycles. The second-order valence-electron chi connectivity index (χ2n) is 15.2. The zero-order chi connectivity index (χ0) is 55.9. The average Bonchev–Trinajstić information content (AvgIpc) is 3.35. The van der Waals surface area contributed by atoms with Crippen molar-refractivity contribution in [2.75, 3.05) is 7.11 Å². The number of hydrogen-bond acceptors (Lipinski definition) is 4. The lowest BCUT2D eigenvalue weighted by Crippen LogP contribution is -2.54. The molecule has 0 bridgehead atoms. The maximum absolute atomic E-state index is 15.5. The predicted octanol–water partition coefficient (Wildman–Crippen LogP) is 17.7. The molecule has 7 aromatic rings. The summed E-state index contributed by atoms with van der Waals surface area (Å²) in [4.78, 5) is 0. The molecular weight excluding hydrogens is 1120 g/mol. The highest BCUT2D eigenvalue weighted by molar-refractivity contribution is 6.36. The van der Waals surface area contributed by atoms with Gasteiger partial charge < -0.3 is 18.9 Å². The van der Waals surface area contributed by atoms with Crippen LogP contribution < -0.4 is 18.9 Å². The van der Waals surface area contributed by atoms with Crippen LogP contribution in [0.3, 0.4) is 0 Å². The van der Waals surface area contributed by atoms with Crippen LogP contribution in [-0.4, -0.2) is 19.5 Å². The molecule has 396 valence electrons. The SMILES string of the molecule is COc1cc(Oc2c(F)c(F)c(-c3c(F)c(F)c(Oc4ccc(C(c5ccc(Oc6c(F)c(F)c(-c7c(F)c(F)c(C)c(F)c7F)c(F)c6F)cc5)(C(F)(F)F)C(F)(F)F)cc4)c(F)c3F)c(F)c2F)c(Cl)cc1Cl. The quantitative estimate of drug-likeness (QED) is 0.0955. The van der Waals surface area contributed by atoms with Crippen LogP contribution in [0.25, 0.3) is 22.3 Å². The zero-order valence-corrected chi connectivity index (χ0v) is 37.5. The van der Waals surface area contributed by atoms with E-state index in [1.165, 1.54) is 0 Å². The van der Waals surface area contributed by atoms with Crippen LogP contribution in [-0.2, 0) is 5.41 Å². The lowest BCUT2D eigenvalue weighted by molar-refractivity contribution is -0.288. The third-order valence-corrected chi connectivity index (χ3v) is 11.5. The third kappa shape index (κ3) is 8.97. The number of ether oxygens (including phenoxy) is 4. The molecule has 28 heteroatoms. The molecule has 0 radical (unpaired) electrons. The Morgan fingerprint density at radius 1 is 0.347 bits per heavy atom. The van der Waals surface area contributed by atoms with Crippen molar-refractivity contribution in [3.63, 3.8) is 0 Å². The number of benzene rings is 7. The van der Waals surface area contributed by atoms with E-state index in [-0.39, 0.29) is 59.3 Å². The van der Waals surface area contributed by atoms with Gasteiger partial charge in [-0.05, 0) is 48.4 Å². The van der Waals surface area contributed by atoms with Crippen LogP contribution >= 0.6 is 23.2 Å². The molecule has 0 aliphatic heterocycles. The van der Waals surface area contributed by atoms with Gasteiger partial charge in [0.05, 0.1) is 39.4 Å². The Kier molecular flexibility index (Phi) is 14.7. The molecule has 0 spiro atoms. The predicted molar refractivity (Wildman–Crippen MR) is 217 cm³/mol. The van der Waals surface area contributed by atoms with Crippen LogP contribution in [0, 0.1) is 100.0 Å². The van der Waals surface area contributed by atoms with Crippen molar-refractivity contribution < 1.29 is 116 Å². The standard InChI is InChI=1S/C47H16Cl2F22O4/c1-13-26(50)28(52)22(29(53)27(13)51)23-30(54)36(60)42(37(61)31(23)55)73-16-7-3-14(4-8-16)45(46(66,67)68,47(69,70)71)15-5-9-17(10-6-15)74-43-38(62)32(56)24(33(57)39(43)63)25-34(58)40(64)44(41(65)35(25)59)75-21-12-20(72-2)18(48)11-19(21)49/h3-12H,1-2H3. The Morgan fingerprint density at radius 2 is 0.613 bits per heavy atom. The van der Waals surface area contributed by atoms with Crippen molar-refractivity contribution in [1.82, 2.24) is 0 Å². The average molecular weight is 1130 g/mol. The molecule has 0 heterocycles. The van der Waals surface area contributed by atoms with Crippen molar-refractivity contribution >= 4 is 23.2 Å². The first-order valence-corrected chi connectivity index (χ1v) is 20.4. The lowest BCUT2D eigenvalue weighted by atomic mass is 9.73. The van der Waals surface area contributed by atoms with Gasteiger partial charge in [-0.3, -0.25) is 0 Å². The number of rotatable bonds is 11. The van der Waals surface area contributed by atoms with Crippen molar-refractivity contribution in [3.8, 4) is 62.5 Å². The number of hydrogen-bond donors (Lipinski definition) is 0. The molecule has 0 N–H and O–H groups in total. The highest BCUT2D eigenvalue weighted by Gasteiger charge is 2.72. The monoisotopic (exact) mass is 1130 g/mol. The summed E-state index contributed by atoms with van der Waals surface area (Å²) < 4.78 is 349. The van der Waals surface area contributed by atoms with Gasteiger partial charge in [-0.2, -0.15) is 52.7 Å². The molecule has 75 heavy (non-hydrogen) atoms. The van der Waals surface area contributed by atoms with Crippen molar-refractivity contribution in [3.05, 3.63) is 180 Å². The summed E-state index contributed by atoms with van der Waals surface area (Å²) in [6.07, 6.45) is -12.9. The second-order valence-corrected chi connectivity index (χ2v) is 16.0. The van der Waals surface area contributed by atoms with E-state index < -0.39 is 189 Å². The summed E-state index contributed by atoms with van der Waals surface area (Å²) in [5.41, 5.74) is -19.7. The molecule has 0 amide bonds. The van der Waals surface area contributed by atoms with E-state index in [1.807, 2.05) is 0 Å². The molecule has 0 saturated carbocycles. The van der Waals surface area contributed by atoms with E-state index in [0.717, 1.165) is 19.2 Å². The van der Waals surface area contributed by atoms with Gasteiger partial charge in [0.25, 0.3) is 0 Å². The Hall–Kier alpha value is -7.22. The molecule has 0 aromatic heterocycles. The highest BCUT2D eigenvalue weighted by atomic mass is 35.5. The first kappa shape index (κ1) is 55.5. The summed E-state index contributed by atoms with van der Waals surface area (Å²) in [6.45, 7) is 0.483. The van der Waals surface area contributed by atoms with Crippen LogP contribution in [0.2, 0.25) is 10.0 Å². The molecular formula is C47H16Cl2F22O4. The summed E-state index contributed by atoms with van der Waals surface area (Å²) >= 11 is 11.7. The Bertz CT molecular complexity index is 3340. The third-order valence-electron chi connectivity index (χ3n) is 10.9. The highest BCUT2D eigenvalue weighted by Crippen LogP contribution is 2.57. The van der Waals surface area contributed by atoms with E-state index >= 15 is 52.7 Å². The van der Waals surface area contributed by atoms with E-state index in [2.05, 4.69) is 9.47 Å². The van der Waals surface area contributed by atoms with Gasteiger partial charge in [0.1, 0.15) is 23.0 Å². The van der Waals surface area contributed by atoms with Crippen LogP contribution in [0.4, 0.5) is 96.6 Å². The minimum absolute atomic E-state index is 0.0469. The van der Waals surface area contributed by atoms with Gasteiger partial charge in [0, 0.05) is 11.6 Å². The van der Waals surface area contributed by atoms with Gasteiger partial charge in [-0.15, -0.1) is 0 Å². The molecule has 0 fully saturated rings. The molecule has 0 aliphatic rings. The number of methoxy groups -OCH3 is 1. The largest absolute Gasteiger partial charge is 0.495 e. The maximum Gasteiger partial charge on any atom is 0.411 e. The summed E-state index contributed by atoms with van der Waals surface area (Å²) in [5.74, 6) is -52.0. The molecule has 0 saturated heterocycles. The second kappa shape index (κ2) is 19.8. The summed E-state index contributed by atoms with van der Waals surface area (Å²) in [5, 5.41) is -0.737. The number of alkyl halides is 6. The Labute approximate surface area is 412 Å². The molecule has 7 rings (SSSR count). The fraction of sp³-hybridized carbons (Fsp3) is 0.106. The first-order valence-electron chi connectivity index (χ1n) is 19.7. The van der Waals surface area contributed by atoms with Gasteiger partial charge in [-0.1, -0.05) is 47.5 Å². The van der Waals surface area contributed by atoms with E-state index in [4.69, 9.17) is 32.7 Å².